The van der Waals surface area contributed by atoms with Crippen LogP contribution < -0.4 is 10.1 Å². The second-order valence-electron chi connectivity index (χ2n) is 6.84. The lowest BCUT2D eigenvalue weighted by molar-refractivity contribution is -0.124. The third-order valence-corrected chi connectivity index (χ3v) is 5.15. The average molecular weight is 366 g/mol. The predicted molar refractivity (Wildman–Crippen MR) is 105 cm³/mol. The molecule has 0 unspecified atom stereocenters. The lowest BCUT2D eigenvalue weighted by Gasteiger charge is -2.39. The standard InChI is InChI=1S/C22H26N2O3/c1-4-5-14-23-21(25)19-17-8-6-7-9-18(17)22(26)24(2)20(19)15-10-12-16(27-3)13-11-15/h6-13,19-20H,4-5,14H2,1-3H3,(H,23,25)/t19-,20+/m0/s1. The molecular weight excluding hydrogens is 340 g/mol. The zero-order valence-electron chi connectivity index (χ0n) is 16.1. The van der Waals surface area contributed by atoms with Crippen molar-refractivity contribution in [3.05, 3.63) is 65.2 Å². The Hall–Kier alpha value is -2.82. The van der Waals surface area contributed by atoms with Crippen LogP contribution >= 0.6 is 0 Å². The predicted octanol–water partition coefficient (Wildman–Crippen LogP) is 3.52. The van der Waals surface area contributed by atoms with Crippen molar-refractivity contribution in [3.63, 3.8) is 0 Å². The van der Waals surface area contributed by atoms with Crippen LogP contribution in [-0.2, 0) is 4.79 Å². The SMILES string of the molecule is CCCCNC(=O)[C@H]1c2ccccc2C(=O)N(C)[C@@H]1c1ccc(OC)cc1. The molecule has 5 nitrogen and oxygen atoms in total. The van der Waals surface area contributed by atoms with Gasteiger partial charge in [-0.2, -0.15) is 0 Å². The molecule has 27 heavy (non-hydrogen) atoms. The fraction of sp³-hybridized carbons (Fsp3) is 0.364. The van der Waals surface area contributed by atoms with Crippen LogP contribution in [0.5, 0.6) is 5.75 Å². The van der Waals surface area contributed by atoms with Crippen molar-refractivity contribution in [1.29, 1.82) is 0 Å². The number of hydrogen-bond acceptors (Lipinski definition) is 3. The molecule has 2 amide bonds. The van der Waals surface area contributed by atoms with Gasteiger partial charge in [-0.3, -0.25) is 9.59 Å². The van der Waals surface area contributed by atoms with Gasteiger partial charge in [0.2, 0.25) is 5.91 Å². The molecule has 3 rings (SSSR count). The minimum atomic E-state index is -0.450. The topological polar surface area (TPSA) is 58.6 Å². The van der Waals surface area contributed by atoms with Gasteiger partial charge in [0.1, 0.15) is 5.75 Å². The van der Waals surface area contributed by atoms with E-state index in [0.29, 0.717) is 12.1 Å². The summed E-state index contributed by atoms with van der Waals surface area (Å²) in [6, 6.07) is 14.6. The largest absolute Gasteiger partial charge is 0.497 e. The Balaban J connectivity index is 2.04. The highest BCUT2D eigenvalue weighted by Crippen LogP contribution is 2.42. The molecule has 2 atom stereocenters. The number of hydrogen-bond donors (Lipinski definition) is 1. The highest BCUT2D eigenvalue weighted by atomic mass is 16.5. The number of methoxy groups -OCH3 is 1. The van der Waals surface area contributed by atoms with Gasteiger partial charge in [-0.25, -0.2) is 0 Å². The molecule has 0 bridgehead atoms. The average Bonchev–Trinajstić information content (AvgIpc) is 2.70. The highest BCUT2D eigenvalue weighted by molar-refractivity contribution is 6.01. The zero-order valence-corrected chi connectivity index (χ0v) is 16.1. The van der Waals surface area contributed by atoms with E-state index in [1.807, 2.05) is 42.5 Å². The minimum absolute atomic E-state index is 0.0453. The molecule has 1 N–H and O–H groups in total. The number of unbranched alkanes of at least 4 members (excludes halogenated alkanes) is 1. The van der Waals surface area contributed by atoms with Crippen LogP contribution in [0.3, 0.4) is 0 Å². The molecule has 1 heterocycles. The van der Waals surface area contributed by atoms with E-state index in [1.165, 1.54) is 0 Å². The number of fused-ring (bicyclic) bond motifs is 1. The van der Waals surface area contributed by atoms with Gasteiger partial charge < -0.3 is 15.0 Å². The summed E-state index contributed by atoms with van der Waals surface area (Å²) >= 11 is 0. The molecule has 0 aliphatic carbocycles. The number of rotatable bonds is 6. The Morgan fingerprint density at radius 1 is 1.15 bits per heavy atom. The van der Waals surface area contributed by atoms with Gasteiger partial charge in [0.15, 0.2) is 0 Å². The lowest BCUT2D eigenvalue weighted by atomic mass is 9.79. The molecule has 0 aromatic heterocycles. The fourth-order valence-corrected chi connectivity index (χ4v) is 3.67. The number of nitrogens with zero attached hydrogens (tertiary/aromatic N) is 1. The number of nitrogens with one attached hydrogen (secondary N) is 1. The summed E-state index contributed by atoms with van der Waals surface area (Å²) in [5, 5.41) is 3.05. The molecule has 2 aromatic rings. The Kier molecular flexibility index (Phi) is 5.79. The number of carbonyl (C=O) groups excluding carboxylic acids is 2. The normalized spacial score (nSPS) is 18.8. The van der Waals surface area contributed by atoms with Crippen LogP contribution in [0.25, 0.3) is 0 Å². The first-order chi connectivity index (χ1) is 13.1. The summed E-state index contributed by atoms with van der Waals surface area (Å²) in [4.78, 5) is 27.7. The van der Waals surface area contributed by atoms with Gasteiger partial charge in [0, 0.05) is 19.2 Å². The van der Waals surface area contributed by atoms with Gasteiger partial charge in [-0.05, 0) is 35.7 Å². The zero-order chi connectivity index (χ0) is 19.4. The van der Waals surface area contributed by atoms with Crippen LogP contribution in [0.1, 0.15) is 53.2 Å². The second-order valence-corrected chi connectivity index (χ2v) is 6.84. The van der Waals surface area contributed by atoms with E-state index in [9.17, 15) is 9.59 Å². The molecule has 0 saturated heterocycles. The molecule has 1 aliphatic rings. The van der Waals surface area contributed by atoms with Crippen LogP contribution in [-0.4, -0.2) is 37.4 Å². The van der Waals surface area contributed by atoms with E-state index < -0.39 is 5.92 Å². The van der Waals surface area contributed by atoms with Gasteiger partial charge >= 0.3 is 0 Å². The van der Waals surface area contributed by atoms with Crippen molar-refractivity contribution in [2.45, 2.75) is 31.7 Å². The first kappa shape index (κ1) is 19.0. The summed E-state index contributed by atoms with van der Waals surface area (Å²) in [5.74, 6) is 0.183. The molecule has 0 radical (unpaired) electrons. The van der Waals surface area contributed by atoms with E-state index in [0.717, 1.165) is 29.7 Å². The molecule has 0 spiro atoms. The number of carbonyl (C=O) groups is 2. The van der Waals surface area contributed by atoms with Crippen molar-refractivity contribution in [3.8, 4) is 5.75 Å². The molecule has 0 saturated carbocycles. The van der Waals surface area contributed by atoms with Gasteiger partial charge in [-0.1, -0.05) is 43.7 Å². The quantitative estimate of drug-likeness (QED) is 0.796. The van der Waals surface area contributed by atoms with Gasteiger partial charge in [0.25, 0.3) is 5.91 Å². The maximum Gasteiger partial charge on any atom is 0.254 e. The minimum Gasteiger partial charge on any atom is -0.497 e. The maximum atomic E-state index is 13.1. The number of likely N-dealkylation sites (N-methyl/N-ethyl adjacent to an activating group) is 1. The van der Waals surface area contributed by atoms with Crippen molar-refractivity contribution in [1.82, 2.24) is 10.2 Å². The summed E-state index contributed by atoms with van der Waals surface area (Å²) in [6.07, 6.45) is 1.95. The summed E-state index contributed by atoms with van der Waals surface area (Å²) in [7, 11) is 3.38. The van der Waals surface area contributed by atoms with Crippen LogP contribution in [0.15, 0.2) is 48.5 Å². The second kappa shape index (κ2) is 8.25. The van der Waals surface area contributed by atoms with Gasteiger partial charge in [-0.15, -0.1) is 0 Å². The first-order valence-corrected chi connectivity index (χ1v) is 9.36. The van der Waals surface area contributed by atoms with Crippen molar-refractivity contribution >= 4 is 11.8 Å². The monoisotopic (exact) mass is 366 g/mol. The van der Waals surface area contributed by atoms with Crippen molar-refractivity contribution in [2.75, 3.05) is 20.7 Å². The van der Waals surface area contributed by atoms with E-state index in [4.69, 9.17) is 4.74 Å². The third-order valence-electron chi connectivity index (χ3n) is 5.15. The maximum absolute atomic E-state index is 13.1. The number of amides is 2. The Labute approximate surface area is 160 Å². The molecule has 142 valence electrons. The fourth-order valence-electron chi connectivity index (χ4n) is 3.67. The number of ether oxygens (including phenoxy) is 1. The van der Waals surface area contributed by atoms with Gasteiger partial charge in [0.05, 0.1) is 19.1 Å². The summed E-state index contributed by atoms with van der Waals surface area (Å²) in [5.41, 5.74) is 2.30. The van der Waals surface area contributed by atoms with Crippen LogP contribution in [0.2, 0.25) is 0 Å². The highest BCUT2D eigenvalue weighted by Gasteiger charge is 2.42. The Bertz CT molecular complexity index is 817. The molecule has 5 heteroatoms. The first-order valence-electron chi connectivity index (χ1n) is 9.36. The smallest absolute Gasteiger partial charge is 0.254 e. The van der Waals surface area contributed by atoms with E-state index in [1.54, 1.807) is 25.1 Å². The summed E-state index contributed by atoms with van der Waals surface area (Å²) < 4.78 is 5.24. The van der Waals surface area contributed by atoms with Crippen LogP contribution in [0.4, 0.5) is 0 Å². The molecule has 1 aliphatic heterocycles. The van der Waals surface area contributed by atoms with E-state index >= 15 is 0 Å². The van der Waals surface area contributed by atoms with Crippen molar-refractivity contribution in [2.24, 2.45) is 0 Å². The molecule has 2 aromatic carbocycles. The Morgan fingerprint density at radius 2 is 1.85 bits per heavy atom. The van der Waals surface area contributed by atoms with Crippen molar-refractivity contribution < 1.29 is 14.3 Å². The summed E-state index contributed by atoms with van der Waals surface area (Å²) in [6.45, 7) is 2.73. The lowest BCUT2D eigenvalue weighted by Crippen LogP contribution is -2.45. The molecular formula is C22H26N2O3. The van der Waals surface area contributed by atoms with E-state index in [2.05, 4.69) is 12.2 Å². The van der Waals surface area contributed by atoms with E-state index in [-0.39, 0.29) is 17.9 Å². The van der Waals surface area contributed by atoms with Crippen LogP contribution in [0, 0.1) is 0 Å². The Morgan fingerprint density at radius 3 is 2.52 bits per heavy atom. The number of benzene rings is 2. The molecule has 0 fully saturated rings. The third kappa shape index (κ3) is 3.68.